The van der Waals surface area contributed by atoms with Crippen LogP contribution in [-0.4, -0.2) is 37.7 Å². The molecule has 0 aliphatic carbocycles. The number of aromatic nitrogens is 4. The molecule has 0 unspecified atom stereocenters. The van der Waals surface area contributed by atoms with Gasteiger partial charge in [0.25, 0.3) is 0 Å². The standard InChI is InChI=1S/C13H15N5O2/c19-13(20)11-6-10-5-8(1-3-9(10)7-14-11)2-4-12-15-17-18-16-12/h1,3,5,11,14H,2,4,6-7H2,(H,19,20)(H,15,16,17,18)/t11-/m1/s1. The van der Waals surface area contributed by atoms with Crippen molar-refractivity contribution in [3.63, 3.8) is 0 Å². The summed E-state index contributed by atoms with van der Waals surface area (Å²) in [4.78, 5) is 11.0. The molecule has 1 aromatic carbocycles. The van der Waals surface area contributed by atoms with Gasteiger partial charge in [-0.1, -0.05) is 23.4 Å². The largest absolute Gasteiger partial charge is 0.480 e. The van der Waals surface area contributed by atoms with Gasteiger partial charge in [0.05, 0.1) is 0 Å². The zero-order valence-corrected chi connectivity index (χ0v) is 10.8. The lowest BCUT2D eigenvalue weighted by atomic mass is 9.93. The van der Waals surface area contributed by atoms with Gasteiger partial charge in [-0.2, -0.15) is 5.21 Å². The number of carboxylic acids is 1. The molecule has 7 heteroatoms. The Kier molecular flexibility index (Phi) is 3.42. The topological polar surface area (TPSA) is 104 Å². The molecule has 0 saturated heterocycles. The first-order valence-corrected chi connectivity index (χ1v) is 6.51. The highest BCUT2D eigenvalue weighted by molar-refractivity contribution is 5.74. The van der Waals surface area contributed by atoms with Crippen molar-refractivity contribution in [3.05, 3.63) is 40.7 Å². The second kappa shape index (κ2) is 5.38. The second-order valence-corrected chi connectivity index (χ2v) is 4.91. The fraction of sp³-hybridized carbons (Fsp3) is 0.385. The number of hydrogen-bond acceptors (Lipinski definition) is 5. The molecule has 1 atom stereocenters. The number of aryl methyl sites for hydroxylation is 2. The van der Waals surface area contributed by atoms with Crippen molar-refractivity contribution in [1.82, 2.24) is 25.9 Å². The number of aliphatic carboxylic acids is 1. The van der Waals surface area contributed by atoms with Crippen molar-refractivity contribution in [1.29, 1.82) is 0 Å². The molecule has 3 N–H and O–H groups in total. The minimum Gasteiger partial charge on any atom is -0.480 e. The Morgan fingerprint density at radius 2 is 2.25 bits per heavy atom. The summed E-state index contributed by atoms with van der Waals surface area (Å²) in [6.07, 6.45) is 2.06. The maximum atomic E-state index is 11.0. The molecule has 0 amide bonds. The number of hydrogen-bond donors (Lipinski definition) is 3. The fourth-order valence-electron chi connectivity index (χ4n) is 2.44. The number of aromatic amines is 1. The van der Waals surface area contributed by atoms with Gasteiger partial charge in [-0.05, 0) is 29.5 Å². The van der Waals surface area contributed by atoms with Crippen LogP contribution in [0.25, 0.3) is 0 Å². The van der Waals surface area contributed by atoms with Crippen molar-refractivity contribution in [2.75, 3.05) is 0 Å². The molecule has 3 rings (SSSR count). The molecule has 0 saturated carbocycles. The predicted molar refractivity (Wildman–Crippen MR) is 70.0 cm³/mol. The average Bonchev–Trinajstić information content (AvgIpc) is 2.97. The number of nitrogens with zero attached hydrogens (tertiary/aromatic N) is 3. The number of nitrogens with one attached hydrogen (secondary N) is 2. The van der Waals surface area contributed by atoms with Gasteiger partial charge < -0.3 is 10.4 Å². The van der Waals surface area contributed by atoms with Crippen molar-refractivity contribution < 1.29 is 9.90 Å². The van der Waals surface area contributed by atoms with E-state index in [-0.39, 0.29) is 0 Å². The van der Waals surface area contributed by atoms with E-state index in [4.69, 9.17) is 5.11 Å². The van der Waals surface area contributed by atoms with Gasteiger partial charge in [-0.15, -0.1) is 10.2 Å². The average molecular weight is 273 g/mol. The van der Waals surface area contributed by atoms with E-state index in [2.05, 4.69) is 44.1 Å². The normalized spacial score (nSPS) is 17.7. The molecule has 2 aromatic rings. The molecule has 0 spiro atoms. The molecule has 1 aliphatic heterocycles. The SMILES string of the molecule is O=C(O)[C@H]1Cc2cc(CCc3nn[nH]n3)ccc2CN1. The Hall–Kier alpha value is -2.28. The van der Waals surface area contributed by atoms with Crippen molar-refractivity contribution in [2.24, 2.45) is 0 Å². The van der Waals surface area contributed by atoms with E-state index in [0.29, 0.717) is 18.8 Å². The lowest BCUT2D eigenvalue weighted by molar-refractivity contribution is -0.139. The number of carboxylic acid groups (broad SMARTS) is 1. The van der Waals surface area contributed by atoms with Gasteiger partial charge in [-0.25, -0.2) is 0 Å². The van der Waals surface area contributed by atoms with Crippen molar-refractivity contribution >= 4 is 5.97 Å². The van der Waals surface area contributed by atoms with Crippen LogP contribution >= 0.6 is 0 Å². The number of rotatable bonds is 4. The van der Waals surface area contributed by atoms with E-state index >= 15 is 0 Å². The van der Waals surface area contributed by atoms with Crippen LogP contribution in [0.1, 0.15) is 22.5 Å². The molecule has 0 fully saturated rings. The summed E-state index contributed by atoms with van der Waals surface area (Å²) in [7, 11) is 0. The minimum atomic E-state index is -0.798. The lowest BCUT2D eigenvalue weighted by Gasteiger charge is -2.23. The van der Waals surface area contributed by atoms with Crippen LogP contribution in [0.15, 0.2) is 18.2 Å². The summed E-state index contributed by atoms with van der Waals surface area (Å²) >= 11 is 0. The third kappa shape index (κ3) is 2.67. The van der Waals surface area contributed by atoms with Crippen LogP contribution in [0.5, 0.6) is 0 Å². The van der Waals surface area contributed by atoms with Crippen LogP contribution in [0.4, 0.5) is 0 Å². The van der Waals surface area contributed by atoms with Crippen molar-refractivity contribution in [3.8, 4) is 0 Å². The molecule has 1 aromatic heterocycles. The second-order valence-electron chi connectivity index (χ2n) is 4.91. The molecular weight excluding hydrogens is 258 g/mol. The van der Waals surface area contributed by atoms with Gasteiger partial charge >= 0.3 is 5.97 Å². The van der Waals surface area contributed by atoms with Crippen LogP contribution in [-0.2, 0) is 30.6 Å². The van der Waals surface area contributed by atoms with Crippen LogP contribution < -0.4 is 5.32 Å². The smallest absolute Gasteiger partial charge is 0.321 e. The zero-order valence-electron chi connectivity index (χ0n) is 10.8. The Morgan fingerprint density at radius 3 is 3.00 bits per heavy atom. The molecule has 1 aliphatic rings. The molecule has 0 radical (unpaired) electrons. The summed E-state index contributed by atoms with van der Waals surface area (Å²) in [5.74, 6) is -0.111. The zero-order chi connectivity index (χ0) is 13.9. The van der Waals surface area contributed by atoms with Crippen LogP contribution in [0, 0.1) is 0 Å². The summed E-state index contributed by atoms with van der Waals surface area (Å²) in [5.41, 5.74) is 3.45. The Balaban J connectivity index is 1.72. The monoisotopic (exact) mass is 273 g/mol. The van der Waals surface area contributed by atoms with Gasteiger partial charge in [0, 0.05) is 13.0 Å². The summed E-state index contributed by atoms with van der Waals surface area (Å²) in [6, 6.07) is 5.73. The maximum absolute atomic E-state index is 11.0. The van der Waals surface area contributed by atoms with Gasteiger partial charge in [0.2, 0.25) is 0 Å². The van der Waals surface area contributed by atoms with E-state index in [9.17, 15) is 4.79 Å². The Morgan fingerprint density at radius 1 is 1.35 bits per heavy atom. The highest BCUT2D eigenvalue weighted by Gasteiger charge is 2.23. The summed E-state index contributed by atoms with van der Waals surface area (Å²) in [5, 5.41) is 25.9. The van der Waals surface area contributed by atoms with E-state index in [1.165, 1.54) is 11.1 Å². The molecule has 20 heavy (non-hydrogen) atoms. The van der Waals surface area contributed by atoms with Gasteiger partial charge in [0.15, 0.2) is 5.82 Å². The first kappa shape index (κ1) is 12.7. The minimum absolute atomic E-state index is 0.491. The highest BCUT2D eigenvalue weighted by Crippen LogP contribution is 2.19. The number of tetrazole rings is 1. The molecule has 7 nitrogen and oxygen atoms in total. The first-order chi connectivity index (χ1) is 9.72. The number of benzene rings is 1. The summed E-state index contributed by atoms with van der Waals surface area (Å²) < 4.78 is 0. The maximum Gasteiger partial charge on any atom is 0.321 e. The molecule has 104 valence electrons. The van der Waals surface area contributed by atoms with Crippen molar-refractivity contribution in [2.45, 2.75) is 31.8 Å². The third-order valence-corrected chi connectivity index (χ3v) is 3.56. The quantitative estimate of drug-likeness (QED) is 0.729. The summed E-state index contributed by atoms with van der Waals surface area (Å²) in [6.45, 7) is 0.609. The Bertz CT molecular complexity index is 611. The predicted octanol–water partition coefficient (Wildman–Crippen LogP) is 0.0838. The fourth-order valence-corrected chi connectivity index (χ4v) is 2.44. The van der Waals surface area contributed by atoms with E-state index in [1.54, 1.807) is 0 Å². The van der Waals surface area contributed by atoms with E-state index < -0.39 is 12.0 Å². The van der Waals surface area contributed by atoms with Gasteiger partial charge in [0.1, 0.15) is 6.04 Å². The molecule has 0 bridgehead atoms. The first-order valence-electron chi connectivity index (χ1n) is 6.51. The number of H-pyrrole nitrogens is 1. The van der Waals surface area contributed by atoms with Gasteiger partial charge in [-0.3, -0.25) is 4.79 Å². The van der Waals surface area contributed by atoms with E-state index in [1.807, 2.05) is 0 Å². The molecular formula is C13H15N5O2. The third-order valence-electron chi connectivity index (χ3n) is 3.56. The van der Waals surface area contributed by atoms with Crippen LogP contribution in [0.2, 0.25) is 0 Å². The lowest BCUT2D eigenvalue weighted by Crippen LogP contribution is -2.41. The van der Waals surface area contributed by atoms with E-state index in [0.717, 1.165) is 18.4 Å². The number of fused-ring (bicyclic) bond motifs is 1. The molecule has 2 heterocycles. The highest BCUT2D eigenvalue weighted by atomic mass is 16.4. The Labute approximate surface area is 115 Å². The number of carbonyl (C=O) groups is 1. The van der Waals surface area contributed by atoms with Crippen LogP contribution in [0.3, 0.4) is 0 Å².